The van der Waals surface area contributed by atoms with Crippen LogP contribution in [0.25, 0.3) is 22.2 Å². The molecule has 1 aliphatic carbocycles. The van der Waals surface area contributed by atoms with Crippen molar-refractivity contribution in [1.82, 2.24) is 9.55 Å². The van der Waals surface area contributed by atoms with E-state index in [1.807, 2.05) is 24.3 Å². The van der Waals surface area contributed by atoms with Crippen molar-refractivity contribution in [1.29, 1.82) is 0 Å². The Morgan fingerprint density at radius 2 is 1.68 bits per heavy atom. The maximum Gasteiger partial charge on any atom is 0.336 e. The van der Waals surface area contributed by atoms with Crippen LogP contribution in [-0.2, 0) is 13.0 Å². The molecule has 174 valence electrons. The van der Waals surface area contributed by atoms with E-state index >= 15 is 0 Å². The summed E-state index contributed by atoms with van der Waals surface area (Å²) in [5.41, 5.74) is 8.05. The van der Waals surface area contributed by atoms with Crippen molar-refractivity contribution >= 4 is 17.0 Å². The van der Waals surface area contributed by atoms with Crippen LogP contribution >= 0.6 is 0 Å². The Labute approximate surface area is 201 Å². The summed E-state index contributed by atoms with van der Waals surface area (Å²) in [5.74, 6) is 1.01. The van der Waals surface area contributed by atoms with E-state index in [1.165, 1.54) is 60.1 Å². The van der Waals surface area contributed by atoms with Gasteiger partial charge in [-0.05, 0) is 65.8 Å². The van der Waals surface area contributed by atoms with Gasteiger partial charge in [-0.3, -0.25) is 0 Å². The molecule has 0 saturated heterocycles. The average Bonchev–Trinajstić information content (AvgIpc) is 3.16. The number of aromatic carboxylic acids is 1. The predicted octanol–water partition coefficient (Wildman–Crippen LogP) is 7.19. The highest BCUT2D eigenvalue weighted by molar-refractivity contribution is 5.96. The van der Waals surface area contributed by atoms with E-state index in [2.05, 4.69) is 42.7 Å². The lowest BCUT2D eigenvalue weighted by atomic mass is 9.87. The van der Waals surface area contributed by atoms with Crippen LogP contribution in [0.5, 0.6) is 0 Å². The molecule has 4 nitrogen and oxygen atoms in total. The third-order valence-electron chi connectivity index (χ3n) is 7.40. The van der Waals surface area contributed by atoms with Gasteiger partial charge in [0.25, 0.3) is 0 Å². The van der Waals surface area contributed by atoms with Crippen LogP contribution in [-0.4, -0.2) is 20.6 Å². The van der Waals surface area contributed by atoms with Gasteiger partial charge in [0.05, 0.1) is 16.6 Å². The molecule has 4 aromatic rings. The Balaban J connectivity index is 1.48. The van der Waals surface area contributed by atoms with Gasteiger partial charge in [0.15, 0.2) is 0 Å². The van der Waals surface area contributed by atoms with E-state index in [1.54, 1.807) is 12.1 Å². The summed E-state index contributed by atoms with van der Waals surface area (Å²) in [6, 6.07) is 20.0. The highest BCUT2D eigenvalue weighted by Crippen LogP contribution is 2.30. The molecular weight excluding hydrogens is 420 g/mol. The van der Waals surface area contributed by atoms with Gasteiger partial charge in [0.1, 0.15) is 5.82 Å². The molecule has 1 heterocycles. The number of aryl methyl sites for hydroxylation is 2. The number of rotatable bonds is 6. The molecule has 4 heteroatoms. The zero-order valence-corrected chi connectivity index (χ0v) is 20.1. The lowest BCUT2D eigenvalue weighted by Crippen LogP contribution is -2.14. The van der Waals surface area contributed by atoms with E-state index in [-0.39, 0.29) is 0 Å². The first kappa shape index (κ1) is 22.4. The summed E-state index contributed by atoms with van der Waals surface area (Å²) in [6.07, 6.45) is 7.68. The second-order valence-electron chi connectivity index (χ2n) is 9.80. The van der Waals surface area contributed by atoms with Crippen LogP contribution in [0.15, 0.2) is 60.7 Å². The van der Waals surface area contributed by atoms with Crippen molar-refractivity contribution in [2.24, 2.45) is 5.92 Å². The van der Waals surface area contributed by atoms with Gasteiger partial charge in [0.2, 0.25) is 0 Å². The summed E-state index contributed by atoms with van der Waals surface area (Å²) in [7, 11) is 0. The summed E-state index contributed by atoms with van der Waals surface area (Å²) < 4.78 is 2.40. The van der Waals surface area contributed by atoms with Crippen molar-refractivity contribution in [3.8, 4) is 11.1 Å². The number of hydrogen-bond acceptors (Lipinski definition) is 2. The highest BCUT2D eigenvalue weighted by atomic mass is 16.4. The van der Waals surface area contributed by atoms with E-state index < -0.39 is 5.97 Å². The standard InChI is InChI=1S/C30H32N2O2/c1-20-16-27-28(17-21(20)2)32(29(31-27)18-22-8-4-3-5-9-22)19-23-12-14-24(15-13-23)25-10-6-7-11-26(25)30(33)34/h6-7,10-17,22H,3-5,8-9,18-19H2,1-2H3,(H,33,34). The molecular formula is C30H32N2O2. The molecule has 5 rings (SSSR count). The summed E-state index contributed by atoms with van der Waals surface area (Å²) in [4.78, 5) is 16.7. The maximum atomic E-state index is 11.6. The van der Waals surface area contributed by atoms with Crippen molar-refractivity contribution < 1.29 is 9.90 Å². The minimum absolute atomic E-state index is 0.330. The monoisotopic (exact) mass is 452 g/mol. The van der Waals surface area contributed by atoms with Gasteiger partial charge in [-0.1, -0.05) is 74.6 Å². The Kier molecular flexibility index (Phi) is 6.23. The summed E-state index contributed by atoms with van der Waals surface area (Å²) in [6.45, 7) is 5.09. The third kappa shape index (κ3) is 4.50. The Hall–Kier alpha value is -3.40. The van der Waals surface area contributed by atoms with Gasteiger partial charge in [0, 0.05) is 13.0 Å². The topological polar surface area (TPSA) is 55.1 Å². The molecule has 1 N–H and O–H groups in total. The summed E-state index contributed by atoms with van der Waals surface area (Å²) in [5, 5.41) is 9.55. The Bertz CT molecular complexity index is 1330. The fourth-order valence-corrected chi connectivity index (χ4v) is 5.31. The second kappa shape index (κ2) is 9.46. The molecule has 0 radical (unpaired) electrons. The number of hydrogen-bond donors (Lipinski definition) is 1. The molecule has 1 aromatic heterocycles. The van der Waals surface area contributed by atoms with Crippen molar-refractivity contribution in [2.75, 3.05) is 0 Å². The molecule has 0 amide bonds. The van der Waals surface area contributed by atoms with Gasteiger partial charge >= 0.3 is 5.97 Å². The van der Waals surface area contributed by atoms with E-state index in [0.29, 0.717) is 5.56 Å². The smallest absolute Gasteiger partial charge is 0.336 e. The summed E-state index contributed by atoms with van der Waals surface area (Å²) >= 11 is 0. The van der Waals surface area contributed by atoms with Gasteiger partial charge < -0.3 is 9.67 Å². The van der Waals surface area contributed by atoms with E-state index in [4.69, 9.17) is 4.98 Å². The molecule has 0 spiro atoms. The molecule has 3 aromatic carbocycles. The fraction of sp³-hybridized carbons (Fsp3) is 0.333. The fourth-order valence-electron chi connectivity index (χ4n) is 5.31. The van der Waals surface area contributed by atoms with Crippen LogP contribution in [0.3, 0.4) is 0 Å². The number of imidazole rings is 1. The number of carboxylic acids is 1. The van der Waals surface area contributed by atoms with E-state index in [9.17, 15) is 9.90 Å². The quantitative estimate of drug-likeness (QED) is 0.337. The van der Waals surface area contributed by atoms with Crippen LogP contribution in [0.4, 0.5) is 0 Å². The molecule has 34 heavy (non-hydrogen) atoms. The predicted molar refractivity (Wildman–Crippen MR) is 137 cm³/mol. The highest BCUT2D eigenvalue weighted by Gasteiger charge is 2.19. The van der Waals surface area contributed by atoms with Crippen molar-refractivity contribution in [3.05, 3.63) is 88.7 Å². The molecule has 0 unspecified atom stereocenters. The minimum Gasteiger partial charge on any atom is -0.478 e. The lowest BCUT2D eigenvalue weighted by molar-refractivity contribution is 0.0697. The van der Waals surface area contributed by atoms with E-state index in [0.717, 1.165) is 35.5 Å². The van der Waals surface area contributed by atoms with Crippen molar-refractivity contribution in [2.45, 2.75) is 58.9 Å². The van der Waals surface area contributed by atoms with Gasteiger partial charge in [-0.25, -0.2) is 9.78 Å². The zero-order valence-electron chi connectivity index (χ0n) is 20.1. The first-order chi connectivity index (χ1) is 16.5. The second-order valence-corrected chi connectivity index (χ2v) is 9.80. The minimum atomic E-state index is -0.900. The number of benzene rings is 3. The first-order valence-corrected chi connectivity index (χ1v) is 12.4. The molecule has 0 atom stereocenters. The number of carboxylic acid groups (broad SMARTS) is 1. The van der Waals surface area contributed by atoms with Crippen LogP contribution in [0.2, 0.25) is 0 Å². The number of carbonyl (C=O) groups is 1. The van der Waals surface area contributed by atoms with Crippen LogP contribution < -0.4 is 0 Å². The van der Waals surface area contributed by atoms with Gasteiger partial charge in [-0.15, -0.1) is 0 Å². The molecule has 0 bridgehead atoms. The number of nitrogens with zero attached hydrogens (tertiary/aromatic N) is 2. The molecule has 0 aliphatic heterocycles. The van der Waals surface area contributed by atoms with Crippen LogP contribution in [0, 0.1) is 19.8 Å². The largest absolute Gasteiger partial charge is 0.478 e. The number of fused-ring (bicyclic) bond motifs is 1. The first-order valence-electron chi connectivity index (χ1n) is 12.4. The lowest BCUT2D eigenvalue weighted by Gasteiger charge is -2.21. The number of aromatic nitrogens is 2. The maximum absolute atomic E-state index is 11.6. The van der Waals surface area contributed by atoms with Crippen molar-refractivity contribution in [3.63, 3.8) is 0 Å². The Morgan fingerprint density at radius 3 is 2.41 bits per heavy atom. The SMILES string of the molecule is Cc1cc2nc(CC3CCCCC3)n(Cc3ccc(-c4ccccc4C(=O)O)cc3)c2cc1C. The molecule has 1 aliphatic rings. The molecule has 1 fully saturated rings. The Morgan fingerprint density at radius 1 is 0.971 bits per heavy atom. The molecule has 1 saturated carbocycles. The third-order valence-corrected chi connectivity index (χ3v) is 7.40. The van der Waals surface area contributed by atoms with Gasteiger partial charge in [-0.2, -0.15) is 0 Å². The normalized spacial score (nSPS) is 14.5. The van der Waals surface area contributed by atoms with Crippen LogP contribution in [0.1, 0.15) is 65.0 Å². The average molecular weight is 453 g/mol. The zero-order chi connectivity index (χ0) is 23.7.